The van der Waals surface area contributed by atoms with Gasteiger partial charge in [-0.2, -0.15) is 0 Å². The van der Waals surface area contributed by atoms with Crippen LogP contribution in [0, 0.1) is 0 Å². The summed E-state index contributed by atoms with van der Waals surface area (Å²) in [6.45, 7) is 2.39. The van der Waals surface area contributed by atoms with Crippen molar-refractivity contribution >= 4 is 0 Å². The molecule has 0 aromatic carbocycles. The van der Waals surface area contributed by atoms with Crippen LogP contribution in [-0.4, -0.2) is 59.6 Å². The molecule has 5 nitrogen and oxygen atoms in total. The van der Waals surface area contributed by atoms with Crippen LogP contribution in [0.5, 0.6) is 0 Å². The summed E-state index contributed by atoms with van der Waals surface area (Å²) in [5, 5.41) is 28.3. The third kappa shape index (κ3) is 5.58. The van der Waals surface area contributed by atoms with Crippen LogP contribution in [-0.2, 0) is 9.47 Å². The number of rotatable bonds is 9. The molecular weight excluding hydrogens is 248 g/mol. The van der Waals surface area contributed by atoms with E-state index in [0.29, 0.717) is 6.61 Å². The summed E-state index contributed by atoms with van der Waals surface area (Å²) in [5.74, 6) is 0. The van der Waals surface area contributed by atoms with Gasteiger partial charge in [-0.05, 0) is 12.8 Å². The van der Waals surface area contributed by atoms with Crippen LogP contribution in [0.15, 0.2) is 12.2 Å². The van der Waals surface area contributed by atoms with E-state index in [0.717, 1.165) is 6.42 Å². The Labute approximate surface area is 114 Å². The van der Waals surface area contributed by atoms with Crippen molar-refractivity contribution in [3.05, 3.63) is 12.2 Å². The van der Waals surface area contributed by atoms with Crippen LogP contribution in [0.3, 0.4) is 0 Å². The van der Waals surface area contributed by atoms with Gasteiger partial charge in [0.05, 0.1) is 19.8 Å². The highest BCUT2D eigenvalue weighted by atomic mass is 16.6. The highest BCUT2D eigenvalue weighted by molar-refractivity contribution is 4.89. The topological polar surface area (TPSA) is 79.2 Å². The van der Waals surface area contributed by atoms with Gasteiger partial charge in [-0.15, -0.1) is 0 Å². The van der Waals surface area contributed by atoms with Crippen molar-refractivity contribution in [3.63, 3.8) is 0 Å². The Bertz CT molecular complexity index is 256. The maximum absolute atomic E-state index is 9.67. The largest absolute Gasteiger partial charge is 0.394 e. The van der Waals surface area contributed by atoms with Gasteiger partial charge in [0.1, 0.15) is 24.4 Å². The fourth-order valence-electron chi connectivity index (χ4n) is 2.08. The fourth-order valence-corrected chi connectivity index (χ4v) is 2.08. The van der Waals surface area contributed by atoms with E-state index in [1.54, 1.807) is 0 Å². The van der Waals surface area contributed by atoms with Crippen LogP contribution < -0.4 is 0 Å². The summed E-state index contributed by atoms with van der Waals surface area (Å²) in [6.07, 6.45) is 5.45. The van der Waals surface area contributed by atoms with Crippen molar-refractivity contribution in [2.45, 2.75) is 57.0 Å². The number of hydrogen-bond donors (Lipinski definition) is 3. The van der Waals surface area contributed by atoms with E-state index in [1.165, 1.54) is 19.3 Å². The molecular formula is C14H26O5. The summed E-state index contributed by atoms with van der Waals surface area (Å²) in [7, 11) is 0. The third-order valence-electron chi connectivity index (χ3n) is 3.28. The number of unbranched alkanes of at least 4 members (excludes halogenated alkanes) is 3. The second-order valence-electron chi connectivity index (χ2n) is 4.88. The molecule has 0 unspecified atom stereocenters. The Morgan fingerprint density at radius 1 is 1.32 bits per heavy atom. The normalized spacial score (nSPS) is 29.2. The quantitative estimate of drug-likeness (QED) is 0.424. The molecule has 4 atom stereocenters. The highest BCUT2D eigenvalue weighted by Gasteiger charge is 2.40. The average Bonchev–Trinajstić information content (AvgIpc) is 2.74. The predicted octanol–water partition coefficient (Wildman–Crippen LogP) is 0.621. The molecule has 112 valence electrons. The van der Waals surface area contributed by atoms with Gasteiger partial charge in [-0.25, -0.2) is 0 Å². The van der Waals surface area contributed by atoms with Crippen molar-refractivity contribution in [1.29, 1.82) is 0 Å². The minimum absolute atomic E-state index is 0.0819. The minimum Gasteiger partial charge on any atom is -0.394 e. The van der Waals surface area contributed by atoms with Crippen molar-refractivity contribution in [1.82, 2.24) is 0 Å². The number of hydrogen-bond acceptors (Lipinski definition) is 5. The van der Waals surface area contributed by atoms with Crippen LogP contribution in [0.4, 0.5) is 0 Å². The summed E-state index contributed by atoms with van der Waals surface area (Å²) in [5.41, 5.74) is 0. The molecule has 0 aliphatic carbocycles. The zero-order valence-electron chi connectivity index (χ0n) is 11.6. The van der Waals surface area contributed by atoms with Gasteiger partial charge in [-0.1, -0.05) is 31.9 Å². The van der Waals surface area contributed by atoms with Crippen molar-refractivity contribution in [2.24, 2.45) is 0 Å². The molecule has 1 aliphatic rings. The third-order valence-corrected chi connectivity index (χ3v) is 3.28. The Kier molecular flexibility index (Phi) is 8.25. The molecule has 1 rings (SSSR count). The smallest absolute Gasteiger partial charge is 0.114 e. The molecule has 0 bridgehead atoms. The number of ether oxygens (including phenoxy) is 2. The van der Waals surface area contributed by atoms with Gasteiger partial charge >= 0.3 is 0 Å². The average molecular weight is 274 g/mol. The number of allylic oxidation sites excluding steroid dienone is 1. The molecule has 19 heavy (non-hydrogen) atoms. The SMILES string of the molecule is CCCCC/C=C/CO[C@@H](CO)[C@@H]1OC[C@@H](O)[C@@H]1O. The first-order valence-corrected chi connectivity index (χ1v) is 7.05. The maximum atomic E-state index is 9.67. The summed E-state index contributed by atoms with van der Waals surface area (Å²) >= 11 is 0. The number of aliphatic hydroxyl groups excluding tert-OH is 3. The Morgan fingerprint density at radius 2 is 2.11 bits per heavy atom. The molecule has 1 fully saturated rings. The second-order valence-corrected chi connectivity index (χ2v) is 4.88. The summed E-state index contributed by atoms with van der Waals surface area (Å²) < 4.78 is 10.7. The predicted molar refractivity (Wildman–Crippen MR) is 71.9 cm³/mol. The first-order valence-electron chi connectivity index (χ1n) is 7.05. The van der Waals surface area contributed by atoms with Gasteiger partial charge in [0.15, 0.2) is 0 Å². The van der Waals surface area contributed by atoms with E-state index >= 15 is 0 Å². The van der Waals surface area contributed by atoms with E-state index < -0.39 is 24.4 Å². The van der Waals surface area contributed by atoms with Crippen molar-refractivity contribution in [2.75, 3.05) is 19.8 Å². The molecule has 1 aliphatic heterocycles. The molecule has 0 saturated carbocycles. The lowest BCUT2D eigenvalue weighted by Gasteiger charge is -2.23. The monoisotopic (exact) mass is 274 g/mol. The molecule has 1 heterocycles. The summed E-state index contributed by atoms with van der Waals surface area (Å²) in [4.78, 5) is 0. The summed E-state index contributed by atoms with van der Waals surface area (Å²) in [6, 6.07) is 0. The lowest BCUT2D eigenvalue weighted by atomic mass is 10.1. The van der Waals surface area contributed by atoms with E-state index in [2.05, 4.69) is 13.0 Å². The zero-order chi connectivity index (χ0) is 14.1. The van der Waals surface area contributed by atoms with Crippen LogP contribution >= 0.6 is 0 Å². The van der Waals surface area contributed by atoms with Gasteiger partial charge < -0.3 is 24.8 Å². The minimum atomic E-state index is -0.995. The molecule has 1 saturated heterocycles. The van der Waals surface area contributed by atoms with Crippen LogP contribution in [0.2, 0.25) is 0 Å². The van der Waals surface area contributed by atoms with Crippen molar-refractivity contribution < 1.29 is 24.8 Å². The highest BCUT2D eigenvalue weighted by Crippen LogP contribution is 2.19. The van der Waals surface area contributed by atoms with Gasteiger partial charge in [-0.3, -0.25) is 0 Å². The lowest BCUT2D eigenvalue weighted by Crippen LogP contribution is -2.42. The van der Waals surface area contributed by atoms with Crippen LogP contribution in [0.25, 0.3) is 0 Å². The molecule has 0 amide bonds. The molecule has 0 spiro atoms. The van der Waals surface area contributed by atoms with E-state index in [1.807, 2.05) is 6.08 Å². The Balaban J connectivity index is 2.22. The Hall–Kier alpha value is -0.460. The van der Waals surface area contributed by atoms with Crippen LogP contribution in [0.1, 0.15) is 32.6 Å². The first kappa shape index (κ1) is 16.6. The van der Waals surface area contributed by atoms with Gasteiger partial charge in [0, 0.05) is 0 Å². The van der Waals surface area contributed by atoms with E-state index in [9.17, 15) is 15.3 Å². The molecule has 0 radical (unpaired) electrons. The van der Waals surface area contributed by atoms with Gasteiger partial charge in [0.2, 0.25) is 0 Å². The zero-order valence-corrected chi connectivity index (χ0v) is 11.6. The standard InChI is InChI=1S/C14H26O5/c1-2-3-4-5-6-7-8-18-12(9-15)14-13(17)11(16)10-19-14/h6-7,11-17H,2-5,8-10H2,1H3/b7-6+/t11-,12+,13+,14+/m1/s1. The maximum Gasteiger partial charge on any atom is 0.114 e. The van der Waals surface area contributed by atoms with E-state index in [4.69, 9.17) is 9.47 Å². The second kappa shape index (κ2) is 9.44. The molecule has 5 heteroatoms. The molecule has 0 aromatic rings. The molecule has 0 aromatic heterocycles. The van der Waals surface area contributed by atoms with E-state index in [-0.39, 0.29) is 13.2 Å². The first-order chi connectivity index (χ1) is 9.20. The number of aliphatic hydroxyl groups is 3. The molecule has 3 N–H and O–H groups in total. The lowest BCUT2D eigenvalue weighted by molar-refractivity contribution is -0.0942. The fraction of sp³-hybridized carbons (Fsp3) is 0.857. The van der Waals surface area contributed by atoms with Crippen molar-refractivity contribution in [3.8, 4) is 0 Å². The Morgan fingerprint density at radius 3 is 2.68 bits per heavy atom. The van der Waals surface area contributed by atoms with Gasteiger partial charge in [0.25, 0.3) is 0 Å².